The average Bonchev–Trinajstić information content (AvgIpc) is 3.88. The van der Waals surface area contributed by atoms with Gasteiger partial charge in [-0.15, -0.1) is 0 Å². The topological polar surface area (TPSA) is 263 Å². The van der Waals surface area contributed by atoms with Gasteiger partial charge in [-0.3, -0.25) is 23.7 Å². The molecule has 0 aliphatic rings. The van der Waals surface area contributed by atoms with Crippen LogP contribution < -0.4 is 32.1 Å². The van der Waals surface area contributed by atoms with Gasteiger partial charge in [0.1, 0.15) is 22.8 Å². The Bertz CT molecular complexity index is 2570. The minimum absolute atomic E-state index is 0.0915. The zero-order valence-corrected chi connectivity index (χ0v) is 40.1. The van der Waals surface area contributed by atoms with Gasteiger partial charge in [-0.2, -0.15) is 15.2 Å². The number of unbranched alkanes of at least 4 members (excludes halogenated alkanes) is 3. The van der Waals surface area contributed by atoms with Crippen LogP contribution in [0.25, 0.3) is 10.3 Å². The number of rotatable bonds is 23. The number of anilines is 2. The van der Waals surface area contributed by atoms with E-state index in [-0.39, 0.29) is 21.9 Å². The van der Waals surface area contributed by atoms with Crippen molar-refractivity contribution < 1.29 is 33.4 Å². The van der Waals surface area contributed by atoms with Crippen LogP contribution in [0.3, 0.4) is 0 Å². The van der Waals surface area contributed by atoms with Crippen LogP contribution in [0.15, 0.2) is 35.5 Å². The summed E-state index contributed by atoms with van der Waals surface area (Å²) in [6.07, 6.45) is 6.21. The number of aromatic carboxylic acids is 1. The Morgan fingerprint density at radius 3 is 2.30 bits per heavy atom. The van der Waals surface area contributed by atoms with E-state index in [1.807, 2.05) is 18.4 Å². The lowest BCUT2D eigenvalue weighted by Gasteiger charge is -2.36. The molecule has 0 aliphatic heterocycles. The lowest BCUT2D eigenvalue weighted by Crippen LogP contribution is -2.41. The average molecular weight is 918 g/mol. The van der Waals surface area contributed by atoms with Gasteiger partial charge in [0.25, 0.3) is 5.91 Å². The standard InChI is InChI=1S/C44H63N11O7SSi/c1-9-54-37(31(28(3)52-54)16-11-10-13-19-55-33(42(59)60)22-27(2)51-55)41(58)50-43-53(40-35(63-43)25-30(26-49-40)39(47)57)18-14-12-17-48-36-32(45)23-29(38(46)56)24-34(36)61-20-15-21-62-64(7,8)44(4,5)6/h22-26,48H,9-21,45H2,1-8H3,(H2,46,56)(H2,47,57)(H,59,60). The number of carboxylic acid groups (broad SMARTS) is 1. The normalized spacial score (nSPS) is 12.3. The summed E-state index contributed by atoms with van der Waals surface area (Å²) >= 11 is 1.25. The highest BCUT2D eigenvalue weighted by molar-refractivity contribution is 7.16. The zero-order chi connectivity index (χ0) is 46.9. The van der Waals surface area contributed by atoms with Crippen molar-refractivity contribution in [1.29, 1.82) is 0 Å². The summed E-state index contributed by atoms with van der Waals surface area (Å²) in [5.41, 5.74) is 22.3. The molecule has 4 aromatic heterocycles. The van der Waals surface area contributed by atoms with Crippen molar-refractivity contribution in [2.75, 3.05) is 30.8 Å². The number of amides is 3. The second-order valence-corrected chi connectivity index (χ2v) is 23.2. The highest BCUT2D eigenvalue weighted by atomic mass is 32.1. The Hall–Kier alpha value is -5.86. The second-order valence-electron chi connectivity index (χ2n) is 17.3. The van der Waals surface area contributed by atoms with E-state index in [0.717, 1.165) is 24.1 Å². The number of primary amides is 2. The molecule has 0 saturated carbocycles. The van der Waals surface area contributed by atoms with E-state index >= 15 is 0 Å². The number of carbonyl (C=O) groups excluding carboxylic acids is 3. The number of thiazole rings is 1. The number of fused-ring (bicyclic) bond motifs is 1. The molecule has 8 N–H and O–H groups in total. The fourth-order valence-electron chi connectivity index (χ4n) is 7.01. The summed E-state index contributed by atoms with van der Waals surface area (Å²) in [5, 5.41) is 22.0. The van der Waals surface area contributed by atoms with Crippen molar-refractivity contribution in [2.45, 2.75) is 124 Å². The quantitative estimate of drug-likeness (QED) is 0.0269. The maximum atomic E-state index is 14.2. The summed E-state index contributed by atoms with van der Waals surface area (Å²) in [5.74, 6) is -2.26. The van der Waals surface area contributed by atoms with Gasteiger partial charge in [0, 0.05) is 56.5 Å². The minimum Gasteiger partial charge on any atom is -0.491 e. The molecule has 0 unspecified atom stereocenters. The number of aryl methyl sites for hydroxylation is 5. The van der Waals surface area contributed by atoms with Crippen molar-refractivity contribution in [2.24, 2.45) is 16.5 Å². The Kier molecular flexibility index (Phi) is 16.3. The van der Waals surface area contributed by atoms with E-state index in [0.29, 0.717) is 115 Å². The van der Waals surface area contributed by atoms with Gasteiger partial charge >= 0.3 is 5.97 Å². The van der Waals surface area contributed by atoms with Crippen molar-refractivity contribution in [3.05, 3.63) is 74.7 Å². The molecule has 0 aliphatic carbocycles. The van der Waals surface area contributed by atoms with Crippen LogP contribution >= 0.6 is 11.3 Å². The summed E-state index contributed by atoms with van der Waals surface area (Å²) in [6.45, 7) is 19.3. The molecule has 64 heavy (non-hydrogen) atoms. The molecule has 0 atom stereocenters. The maximum absolute atomic E-state index is 14.2. The van der Waals surface area contributed by atoms with Gasteiger partial charge in [0.15, 0.2) is 18.8 Å². The Balaban J connectivity index is 1.30. The first kappa shape index (κ1) is 49.2. The van der Waals surface area contributed by atoms with Gasteiger partial charge in [0.05, 0.1) is 33.9 Å². The largest absolute Gasteiger partial charge is 0.491 e. The SMILES string of the molecule is CCn1nc(C)c(CCCCCn2nc(C)cc2C(=O)O)c1C(=O)N=c1sc2cc(C(N)=O)cnc2n1CCCCNc1c(N)cc(C(N)=O)cc1OCCCO[Si](C)(C)C(C)(C)C. The van der Waals surface area contributed by atoms with E-state index in [4.69, 9.17) is 26.4 Å². The number of hydrogen-bond donors (Lipinski definition) is 5. The van der Waals surface area contributed by atoms with Crippen LogP contribution in [-0.2, 0) is 30.5 Å². The summed E-state index contributed by atoms with van der Waals surface area (Å²) in [4.78, 5) is 59.6. The van der Waals surface area contributed by atoms with Crippen LogP contribution in [0.2, 0.25) is 18.1 Å². The molecule has 346 valence electrons. The molecule has 18 nitrogen and oxygen atoms in total. The highest BCUT2D eigenvalue weighted by Gasteiger charge is 2.36. The number of nitrogens with one attached hydrogen (secondary N) is 1. The Morgan fingerprint density at radius 2 is 1.62 bits per heavy atom. The number of pyridine rings is 1. The molecule has 0 radical (unpaired) electrons. The smallest absolute Gasteiger partial charge is 0.354 e. The fourth-order valence-corrected chi connectivity index (χ4v) is 9.15. The molecule has 0 bridgehead atoms. The van der Waals surface area contributed by atoms with Crippen LogP contribution in [0, 0.1) is 13.8 Å². The van der Waals surface area contributed by atoms with Gasteiger partial charge in [-0.1, -0.05) is 38.5 Å². The molecular weight excluding hydrogens is 855 g/mol. The lowest BCUT2D eigenvalue weighted by atomic mass is 10.0. The number of carbonyl (C=O) groups is 4. The second kappa shape index (κ2) is 21.2. The summed E-state index contributed by atoms with van der Waals surface area (Å²) in [7, 11) is -1.91. The molecule has 4 heterocycles. The fraction of sp³-hybridized carbons (Fsp3) is 0.500. The molecular formula is C44H63N11O7SSi. The number of nitrogens with two attached hydrogens (primary N) is 3. The first-order valence-corrected chi connectivity index (χ1v) is 25.4. The monoisotopic (exact) mass is 917 g/mol. The summed E-state index contributed by atoms with van der Waals surface area (Å²) < 4.78 is 18.2. The van der Waals surface area contributed by atoms with E-state index in [9.17, 15) is 24.3 Å². The van der Waals surface area contributed by atoms with Crippen LogP contribution in [0.5, 0.6) is 5.75 Å². The minimum atomic E-state index is -1.91. The third-order valence-corrected chi connectivity index (χ3v) is 17.1. The number of benzene rings is 1. The predicted molar refractivity (Wildman–Crippen MR) is 250 cm³/mol. The van der Waals surface area contributed by atoms with E-state index in [1.165, 1.54) is 28.3 Å². The van der Waals surface area contributed by atoms with Gasteiger partial charge in [-0.25, -0.2) is 9.78 Å². The van der Waals surface area contributed by atoms with E-state index in [2.05, 4.69) is 59.4 Å². The Morgan fingerprint density at radius 1 is 0.906 bits per heavy atom. The van der Waals surface area contributed by atoms with Crippen LogP contribution in [0.4, 0.5) is 11.4 Å². The van der Waals surface area contributed by atoms with E-state index < -0.39 is 32.0 Å². The molecule has 1 aromatic carbocycles. The molecule has 5 aromatic rings. The molecule has 3 amide bonds. The lowest BCUT2D eigenvalue weighted by molar-refractivity contribution is 0.0682. The molecule has 0 fully saturated rings. The Labute approximate surface area is 378 Å². The van der Waals surface area contributed by atoms with Gasteiger partial charge in [0.2, 0.25) is 11.8 Å². The van der Waals surface area contributed by atoms with Crippen LogP contribution in [-0.4, -0.2) is 86.0 Å². The third kappa shape index (κ3) is 12.0. The number of ether oxygens (including phenoxy) is 1. The van der Waals surface area contributed by atoms with Crippen molar-refractivity contribution in [1.82, 2.24) is 29.1 Å². The molecule has 0 saturated heterocycles. The number of nitrogens with zero attached hydrogens (tertiary/aromatic N) is 7. The van der Waals surface area contributed by atoms with Crippen molar-refractivity contribution in [3.8, 4) is 5.75 Å². The third-order valence-electron chi connectivity index (χ3n) is 11.5. The number of carboxylic acids is 1. The number of nitrogen functional groups attached to an aromatic ring is 1. The van der Waals surface area contributed by atoms with Crippen molar-refractivity contribution in [3.63, 3.8) is 0 Å². The maximum Gasteiger partial charge on any atom is 0.354 e. The first-order valence-electron chi connectivity index (χ1n) is 21.7. The van der Waals surface area contributed by atoms with Crippen molar-refractivity contribution >= 4 is 65.1 Å². The number of aromatic nitrogens is 6. The zero-order valence-electron chi connectivity index (χ0n) is 38.2. The molecule has 5 rings (SSSR count). The first-order chi connectivity index (χ1) is 30.2. The number of hydrogen-bond acceptors (Lipinski definition) is 12. The van der Waals surface area contributed by atoms with Crippen LogP contribution in [0.1, 0.15) is 125 Å². The predicted octanol–water partition coefficient (Wildman–Crippen LogP) is 6.44. The van der Waals surface area contributed by atoms with E-state index in [1.54, 1.807) is 29.8 Å². The highest BCUT2D eigenvalue weighted by Crippen LogP contribution is 2.37. The molecule has 20 heteroatoms. The van der Waals surface area contributed by atoms with Gasteiger partial charge in [-0.05, 0) is 95.3 Å². The summed E-state index contributed by atoms with van der Waals surface area (Å²) in [6, 6.07) is 6.34. The van der Waals surface area contributed by atoms with Gasteiger partial charge < -0.3 is 41.4 Å². The molecule has 0 spiro atoms.